The molecule has 2 amide bonds. The smallest absolute Gasteiger partial charge is 0.407 e. The third-order valence-electron chi connectivity index (χ3n) is 2.43. The molecule has 24 heavy (non-hydrogen) atoms. The minimum absolute atomic E-state index is 0.240. The van der Waals surface area contributed by atoms with Crippen molar-refractivity contribution in [2.45, 2.75) is 53.5 Å². The highest BCUT2D eigenvalue weighted by molar-refractivity contribution is 5.87. The lowest BCUT2D eigenvalue weighted by Gasteiger charge is -2.21. The van der Waals surface area contributed by atoms with Gasteiger partial charge in [0.05, 0.1) is 7.11 Å². The zero-order chi connectivity index (χ0) is 19.7. The second kappa shape index (κ2) is 17.1. The minimum atomic E-state index is -1.01. The molecule has 1 saturated heterocycles. The lowest BCUT2D eigenvalue weighted by Crippen LogP contribution is -2.45. The van der Waals surface area contributed by atoms with Gasteiger partial charge in [-0.25, -0.2) is 9.59 Å². The van der Waals surface area contributed by atoms with E-state index in [0.29, 0.717) is 19.4 Å². The molecule has 7 heteroatoms. The molecule has 0 saturated carbocycles. The van der Waals surface area contributed by atoms with Crippen LogP contribution < -0.4 is 5.32 Å². The molecule has 1 heterocycles. The maximum absolute atomic E-state index is 11.6. The predicted molar refractivity (Wildman–Crippen MR) is 94.5 cm³/mol. The highest BCUT2D eigenvalue weighted by Gasteiger charge is 2.33. The number of hydrogen-bond acceptors (Lipinski definition) is 4. The number of carboxylic acids is 1. The van der Waals surface area contributed by atoms with Crippen LogP contribution in [0.2, 0.25) is 0 Å². The number of rotatable bonds is 3. The first-order chi connectivity index (χ1) is 11.3. The quantitative estimate of drug-likeness (QED) is 0.766. The number of carbonyl (C=O) groups is 3. The van der Waals surface area contributed by atoms with Gasteiger partial charge in [-0.15, -0.1) is 12.8 Å². The highest BCUT2D eigenvalue weighted by Crippen LogP contribution is 2.17. The summed E-state index contributed by atoms with van der Waals surface area (Å²) in [4.78, 5) is 34.4. The van der Waals surface area contributed by atoms with Crippen LogP contribution in [0.4, 0.5) is 4.79 Å². The average Bonchev–Trinajstić information content (AvgIpc) is 3.05. The summed E-state index contributed by atoms with van der Waals surface area (Å²) in [7, 11) is 1.19. The first-order valence-corrected chi connectivity index (χ1v) is 7.97. The van der Waals surface area contributed by atoms with Gasteiger partial charge >= 0.3 is 12.1 Å². The van der Waals surface area contributed by atoms with Gasteiger partial charge in [0.15, 0.2) is 0 Å². The van der Waals surface area contributed by atoms with Gasteiger partial charge in [0.1, 0.15) is 12.6 Å². The van der Waals surface area contributed by atoms with Crippen LogP contribution in [-0.4, -0.2) is 54.2 Å². The molecule has 0 bridgehead atoms. The lowest BCUT2D eigenvalue weighted by atomic mass is 10.2. The fourth-order valence-corrected chi connectivity index (χ4v) is 1.64. The molecule has 0 aromatic heterocycles. The first-order valence-electron chi connectivity index (χ1n) is 7.97. The maximum atomic E-state index is 11.6. The van der Waals surface area contributed by atoms with Crippen molar-refractivity contribution in [3.05, 3.63) is 0 Å². The van der Waals surface area contributed by atoms with Gasteiger partial charge < -0.3 is 20.1 Å². The molecule has 1 fully saturated rings. The number of methoxy groups -OCH3 is 1. The van der Waals surface area contributed by atoms with E-state index in [-0.39, 0.29) is 6.54 Å². The van der Waals surface area contributed by atoms with Crippen molar-refractivity contribution in [3.8, 4) is 12.8 Å². The van der Waals surface area contributed by atoms with Crippen molar-refractivity contribution >= 4 is 18.0 Å². The van der Waals surface area contributed by atoms with E-state index in [1.165, 1.54) is 12.0 Å². The Balaban J connectivity index is -0.000000471. The number of aliphatic carboxylic acids is 1. The molecular weight excluding hydrogens is 312 g/mol. The molecule has 1 aliphatic rings. The van der Waals surface area contributed by atoms with Gasteiger partial charge in [0, 0.05) is 6.54 Å². The van der Waals surface area contributed by atoms with E-state index in [0.717, 1.165) is 5.92 Å². The molecule has 2 N–H and O–H groups in total. The van der Waals surface area contributed by atoms with Gasteiger partial charge in [-0.1, -0.05) is 34.6 Å². The highest BCUT2D eigenvalue weighted by atomic mass is 16.5. The number of hydrogen-bond donors (Lipinski definition) is 2. The van der Waals surface area contributed by atoms with Crippen LogP contribution in [0.25, 0.3) is 0 Å². The SMILES string of the molecule is C#C.CC.CC(C)C.COC(=O)NCC(=O)N1CCC[C@H]1C(=O)O. The van der Waals surface area contributed by atoms with Crippen molar-refractivity contribution in [1.29, 1.82) is 0 Å². The zero-order valence-corrected chi connectivity index (χ0v) is 15.7. The van der Waals surface area contributed by atoms with E-state index in [9.17, 15) is 14.4 Å². The van der Waals surface area contributed by atoms with E-state index in [1.807, 2.05) is 13.8 Å². The van der Waals surface area contributed by atoms with Crippen molar-refractivity contribution < 1.29 is 24.2 Å². The minimum Gasteiger partial charge on any atom is -0.480 e. The average molecular weight is 344 g/mol. The Morgan fingerprint density at radius 2 is 1.71 bits per heavy atom. The third kappa shape index (κ3) is 13.4. The summed E-state index contributed by atoms with van der Waals surface area (Å²) >= 11 is 0. The Morgan fingerprint density at radius 1 is 1.25 bits per heavy atom. The van der Waals surface area contributed by atoms with Crippen LogP contribution in [0.15, 0.2) is 0 Å². The predicted octanol–water partition coefficient (Wildman–Crippen LogP) is 2.36. The number of carboxylic acid groups (broad SMARTS) is 1. The summed E-state index contributed by atoms with van der Waals surface area (Å²) in [5.41, 5.74) is 0. The Labute approximate surface area is 145 Å². The molecule has 0 aromatic rings. The van der Waals surface area contributed by atoms with Crippen LogP contribution in [0, 0.1) is 18.8 Å². The van der Waals surface area contributed by atoms with Crippen molar-refractivity contribution in [2.75, 3.05) is 20.2 Å². The zero-order valence-electron chi connectivity index (χ0n) is 15.7. The Morgan fingerprint density at radius 3 is 2.08 bits per heavy atom. The molecule has 0 aliphatic carbocycles. The normalized spacial score (nSPS) is 14.7. The van der Waals surface area contributed by atoms with Crippen LogP contribution in [0.3, 0.4) is 0 Å². The summed E-state index contributed by atoms with van der Waals surface area (Å²) < 4.78 is 4.30. The van der Waals surface area contributed by atoms with E-state index < -0.39 is 24.0 Å². The maximum Gasteiger partial charge on any atom is 0.407 e. The largest absolute Gasteiger partial charge is 0.480 e. The molecule has 1 aliphatic heterocycles. The summed E-state index contributed by atoms with van der Waals surface area (Å²) in [5, 5.41) is 11.1. The second-order valence-electron chi connectivity index (χ2n) is 5.16. The summed E-state index contributed by atoms with van der Waals surface area (Å²) in [6.45, 7) is 10.7. The van der Waals surface area contributed by atoms with E-state index >= 15 is 0 Å². The standard InChI is InChI=1S/C9H14N2O5.C4H10.C2H6.C2H2/c1-16-9(15)10-5-7(12)11-4-2-3-6(11)8(13)14;1-4(2)3;2*1-2/h6H,2-5H2,1H3,(H,10,15)(H,13,14);4H,1-3H3;1-2H3;1-2H/t6-;;;/m0.../s1. The summed E-state index contributed by atoms with van der Waals surface area (Å²) in [6.07, 6.45) is 8.42. The molecule has 0 spiro atoms. The van der Waals surface area contributed by atoms with Crippen LogP contribution in [0.1, 0.15) is 47.5 Å². The third-order valence-corrected chi connectivity index (χ3v) is 2.43. The van der Waals surface area contributed by atoms with E-state index in [4.69, 9.17) is 5.11 Å². The number of alkyl carbamates (subject to hydrolysis) is 1. The molecule has 0 unspecified atom stereocenters. The van der Waals surface area contributed by atoms with Gasteiger partial charge in [-0.05, 0) is 18.8 Å². The number of nitrogens with zero attached hydrogens (tertiary/aromatic N) is 1. The van der Waals surface area contributed by atoms with Crippen LogP contribution in [-0.2, 0) is 14.3 Å². The molecule has 140 valence electrons. The number of likely N-dealkylation sites (tertiary alicyclic amines) is 1. The van der Waals surface area contributed by atoms with Crippen molar-refractivity contribution in [3.63, 3.8) is 0 Å². The van der Waals surface area contributed by atoms with Gasteiger partial charge in [0.2, 0.25) is 5.91 Å². The first kappa shape index (κ1) is 26.7. The summed E-state index contributed by atoms with van der Waals surface area (Å²) in [5.74, 6) is -0.584. The monoisotopic (exact) mass is 344 g/mol. The molecule has 0 aromatic carbocycles. The van der Waals surface area contributed by atoms with Crippen molar-refractivity contribution in [2.24, 2.45) is 5.92 Å². The molecule has 0 radical (unpaired) electrons. The van der Waals surface area contributed by atoms with E-state index in [2.05, 4.69) is 43.7 Å². The molecule has 1 atom stereocenters. The molecule has 7 nitrogen and oxygen atoms in total. The van der Waals surface area contributed by atoms with Crippen LogP contribution in [0.5, 0.6) is 0 Å². The Kier molecular flexibility index (Phi) is 19.0. The fourth-order valence-electron chi connectivity index (χ4n) is 1.64. The number of amides is 2. The van der Waals surface area contributed by atoms with Gasteiger partial charge in [-0.2, -0.15) is 0 Å². The summed E-state index contributed by atoms with van der Waals surface area (Å²) in [6, 6.07) is -0.771. The fraction of sp³-hybridized carbons (Fsp3) is 0.706. The van der Waals surface area contributed by atoms with Crippen molar-refractivity contribution in [1.82, 2.24) is 10.2 Å². The number of carbonyl (C=O) groups excluding carboxylic acids is 2. The van der Waals surface area contributed by atoms with Gasteiger partial charge in [-0.3, -0.25) is 4.79 Å². The Bertz CT molecular complexity index is 378. The molecular formula is C17H32N2O5. The number of ether oxygens (including phenoxy) is 1. The van der Waals surface area contributed by atoms with Gasteiger partial charge in [0.25, 0.3) is 0 Å². The Hall–Kier alpha value is -2.23. The van der Waals surface area contributed by atoms with Crippen LogP contribution >= 0.6 is 0 Å². The number of terminal acetylenes is 1. The van der Waals surface area contributed by atoms with E-state index in [1.54, 1.807) is 0 Å². The topological polar surface area (TPSA) is 95.9 Å². The second-order valence-corrected chi connectivity index (χ2v) is 5.16. The number of nitrogens with one attached hydrogen (secondary N) is 1. The lowest BCUT2D eigenvalue weighted by molar-refractivity contribution is -0.147. The molecule has 1 rings (SSSR count).